The van der Waals surface area contributed by atoms with Crippen LogP contribution in [0.2, 0.25) is 0 Å². The summed E-state index contributed by atoms with van der Waals surface area (Å²) in [7, 11) is 3.50. The van der Waals surface area contributed by atoms with E-state index in [1.807, 2.05) is 24.2 Å². The molecule has 1 fully saturated rings. The third-order valence-corrected chi connectivity index (χ3v) is 6.95. The molecule has 0 bridgehead atoms. The van der Waals surface area contributed by atoms with Crippen molar-refractivity contribution in [3.8, 4) is 28.3 Å². The average molecular weight is 474 g/mol. The van der Waals surface area contributed by atoms with Crippen molar-refractivity contribution in [3.63, 3.8) is 0 Å². The molecule has 182 valence electrons. The summed E-state index contributed by atoms with van der Waals surface area (Å²) in [6.07, 6.45) is 4.34. The molecule has 35 heavy (non-hydrogen) atoms. The van der Waals surface area contributed by atoms with E-state index in [9.17, 15) is 4.79 Å². The molecule has 0 aliphatic carbocycles. The summed E-state index contributed by atoms with van der Waals surface area (Å²) < 4.78 is 7.25. The molecule has 2 atom stereocenters. The molecule has 5 rings (SSSR count). The van der Waals surface area contributed by atoms with Crippen LogP contribution in [0.25, 0.3) is 28.2 Å². The Morgan fingerprint density at radius 2 is 1.94 bits per heavy atom. The second kappa shape index (κ2) is 9.14. The van der Waals surface area contributed by atoms with E-state index in [0.717, 1.165) is 46.6 Å². The number of nitrogens with one attached hydrogen (secondary N) is 2. The highest BCUT2D eigenvalue weighted by Gasteiger charge is 2.29. The maximum Gasteiger partial charge on any atom is 0.240 e. The molecule has 9 nitrogen and oxygen atoms in total. The van der Waals surface area contributed by atoms with Crippen molar-refractivity contribution < 1.29 is 9.53 Å². The van der Waals surface area contributed by atoms with Gasteiger partial charge in [-0.25, -0.2) is 9.50 Å². The van der Waals surface area contributed by atoms with Gasteiger partial charge in [0.1, 0.15) is 6.33 Å². The van der Waals surface area contributed by atoms with Crippen LogP contribution >= 0.6 is 0 Å². The lowest BCUT2D eigenvalue weighted by molar-refractivity contribution is -0.135. The van der Waals surface area contributed by atoms with Crippen molar-refractivity contribution in [3.05, 3.63) is 54.0 Å². The molecule has 1 saturated heterocycles. The van der Waals surface area contributed by atoms with Gasteiger partial charge in [-0.3, -0.25) is 9.89 Å². The summed E-state index contributed by atoms with van der Waals surface area (Å²) in [5.41, 5.74) is 6.68. The zero-order valence-electron chi connectivity index (χ0n) is 20.7. The molecular formula is C26H31N7O2. The van der Waals surface area contributed by atoms with E-state index in [0.29, 0.717) is 11.4 Å². The number of H-pyrrole nitrogens is 1. The second-order valence-corrected chi connectivity index (χ2v) is 9.38. The number of rotatable bonds is 7. The number of amides is 1. The van der Waals surface area contributed by atoms with Gasteiger partial charge in [0.25, 0.3) is 0 Å². The van der Waals surface area contributed by atoms with Gasteiger partial charge in [0, 0.05) is 24.4 Å². The average Bonchev–Trinajstić information content (AvgIpc) is 3.48. The molecule has 4 heterocycles. The number of ether oxygens (including phenoxy) is 1. The van der Waals surface area contributed by atoms with Gasteiger partial charge in [-0.05, 0) is 43.0 Å². The fourth-order valence-corrected chi connectivity index (χ4v) is 4.62. The number of hydrogen-bond acceptors (Lipinski definition) is 6. The van der Waals surface area contributed by atoms with Gasteiger partial charge in [0.2, 0.25) is 5.91 Å². The van der Waals surface area contributed by atoms with Crippen LogP contribution in [0, 0.1) is 0 Å². The Balaban J connectivity index is 1.46. The van der Waals surface area contributed by atoms with Crippen LogP contribution in [0.1, 0.15) is 50.3 Å². The number of likely N-dealkylation sites (N-methyl/N-ethyl adjacent to an activating group) is 1. The van der Waals surface area contributed by atoms with Crippen molar-refractivity contribution in [1.29, 1.82) is 0 Å². The van der Waals surface area contributed by atoms with Gasteiger partial charge in [-0.1, -0.05) is 38.1 Å². The summed E-state index contributed by atoms with van der Waals surface area (Å²) >= 11 is 0. The zero-order chi connectivity index (χ0) is 24.7. The predicted octanol–water partition coefficient (Wildman–Crippen LogP) is 3.80. The summed E-state index contributed by atoms with van der Waals surface area (Å²) in [6, 6.07) is 10.3. The van der Waals surface area contributed by atoms with Gasteiger partial charge in [0.05, 0.1) is 30.6 Å². The highest BCUT2D eigenvalue weighted by atomic mass is 16.5. The Labute approximate surface area is 204 Å². The quantitative estimate of drug-likeness (QED) is 0.424. The van der Waals surface area contributed by atoms with E-state index >= 15 is 0 Å². The lowest BCUT2D eigenvalue weighted by Gasteiger charge is -2.34. The molecule has 1 aliphatic heterocycles. The Morgan fingerprint density at radius 1 is 1.20 bits per heavy atom. The topological polar surface area (TPSA) is 100 Å². The SMILES string of the molecule is COc1cc(-c2n[nH]c(-c3ccc(C(C)N(C)C(=O)[C@@H]4CCN4)cc3)c2C(C)C)cn2ncnc12. The monoisotopic (exact) mass is 473 g/mol. The standard InChI is InChI=1S/C26H31N7O2/c1-15(2)22-23(30-31-24(22)19-12-21(35-5)25-28-14-29-33(25)13-19)18-8-6-17(7-9-18)16(3)32(4)26(34)20-10-11-27-20/h6-9,12-16,20,27H,10-11H2,1-5H3,(H,30,31)/t16?,20-/m0/s1. The fraction of sp³-hybridized carbons (Fsp3) is 0.385. The maximum absolute atomic E-state index is 12.6. The lowest BCUT2D eigenvalue weighted by Crippen LogP contribution is -2.53. The lowest BCUT2D eigenvalue weighted by atomic mass is 9.93. The van der Waals surface area contributed by atoms with Crippen LogP contribution in [0.4, 0.5) is 0 Å². The first-order chi connectivity index (χ1) is 16.9. The largest absolute Gasteiger partial charge is 0.493 e. The summed E-state index contributed by atoms with van der Waals surface area (Å²) in [4.78, 5) is 18.7. The normalized spacial score (nSPS) is 16.3. The minimum Gasteiger partial charge on any atom is -0.493 e. The second-order valence-electron chi connectivity index (χ2n) is 9.38. The number of carbonyl (C=O) groups excluding carboxylic acids is 1. The molecule has 0 radical (unpaired) electrons. The van der Waals surface area contributed by atoms with Crippen molar-refractivity contribution in [2.24, 2.45) is 0 Å². The van der Waals surface area contributed by atoms with E-state index in [2.05, 4.69) is 65.5 Å². The van der Waals surface area contributed by atoms with E-state index in [-0.39, 0.29) is 23.9 Å². The molecule has 1 unspecified atom stereocenters. The first kappa shape index (κ1) is 23.0. The molecular weight excluding hydrogens is 442 g/mol. The van der Waals surface area contributed by atoms with Crippen molar-refractivity contribution in [2.75, 3.05) is 20.7 Å². The van der Waals surface area contributed by atoms with Gasteiger partial charge in [-0.2, -0.15) is 10.2 Å². The van der Waals surface area contributed by atoms with Crippen molar-refractivity contribution in [2.45, 2.75) is 45.2 Å². The third-order valence-electron chi connectivity index (χ3n) is 6.95. The zero-order valence-corrected chi connectivity index (χ0v) is 20.7. The first-order valence-corrected chi connectivity index (χ1v) is 12.0. The van der Waals surface area contributed by atoms with Crippen molar-refractivity contribution >= 4 is 11.6 Å². The molecule has 2 N–H and O–H groups in total. The number of methoxy groups -OCH3 is 1. The summed E-state index contributed by atoms with van der Waals surface area (Å²) in [5.74, 6) is 1.02. The van der Waals surface area contributed by atoms with E-state index in [4.69, 9.17) is 9.84 Å². The summed E-state index contributed by atoms with van der Waals surface area (Å²) in [5, 5.41) is 15.4. The fourth-order valence-electron chi connectivity index (χ4n) is 4.62. The molecule has 3 aromatic heterocycles. The smallest absolute Gasteiger partial charge is 0.240 e. The highest BCUT2D eigenvalue weighted by molar-refractivity contribution is 5.83. The van der Waals surface area contributed by atoms with Crippen LogP contribution in [-0.4, -0.2) is 62.3 Å². The molecule has 9 heteroatoms. The number of aromatic amines is 1. The van der Waals surface area contributed by atoms with Crippen LogP contribution in [0.5, 0.6) is 5.75 Å². The summed E-state index contributed by atoms with van der Waals surface area (Å²) in [6.45, 7) is 7.30. The van der Waals surface area contributed by atoms with Crippen LogP contribution < -0.4 is 10.1 Å². The predicted molar refractivity (Wildman–Crippen MR) is 134 cm³/mol. The maximum atomic E-state index is 12.6. The van der Waals surface area contributed by atoms with Crippen LogP contribution in [-0.2, 0) is 4.79 Å². The number of hydrogen-bond donors (Lipinski definition) is 2. The van der Waals surface area contributed by atoms with Gasteiger partial charge >= 0.3 is 0 Å². The molecule has 4 aromatic rings. The number of carbonyl (C=O) groups is 1. The number of aromatic nitrogens is 5. The minimum atomic E-state index is -0.0471. The third kappa shape index (κ3) is 4.05. The van der Waals surface area contributed by atoms with E-state index < -0.39 is 0 Å². The Hall–Kier alpha value is -3.72. The van der Waals surface area contributed by atoms with Crippen LogP contribution in [0.3, 0.4) is 0 Å². The number of fused-ring (bicyclic) bond motifs is 1. The number of pyridine rings is 1. The highest BCUT2D eigenvalue weighted by Crippen LogP contribution is 2.37. The number of benzene rings is 1. The Bertz CT molecular complexity index is 1350. The van der Waals surface area contributed by atoms with Gasteiger partial charge < -0.3 is 15.0 Å². The number of nitrogens with zero attached hydrogens (tertiary/aromatic N) is 5. The Morgan fingerprint density at radius 3 is 2.57 bits per heavy atom. The van der Waals surface area contributed by atoms with Crippen molar-refractivity contribution in [1.82, 2.24) is 35.0 Å². The van der Waals surface area contributed by atoms with E-state index in [1.165, 1.54) is 6.33 Å². The molecule has 1 aliphatic rings. The van der Waals surface area contributed by atoms with Crippen LogP contribution in [0.15, 0.2) is 42.9 Å². The molecule has 0 saturated carbocycles. The van der Waals surface area contributed by atoms with E-state index in [1.54, 1.807) is 11.6 Å². The first-order valence-electron chi connectivity index (χ1n) is 12.0. The Kier molecular flexibility index (Phi) is 6.02. The molecule has 1 aromatic carbocycles. The minimum absolute atomic E-state index is 0.0114. The molecule has 1 amide bonds. The van der Waals surface area contributed by atoms with Gasteiger partial charge in [0.15, 0.2) is 11.4 Å². The molecule has 0 spiro atoms. The van der Waals surface area contributed by atoms with Gasteiger partial charge in [-0.15, -0.1) is 0 Å².